The van der Waals surface area contributed by atoms with Gasteiger partial charge < -0.3 is 18.6 Å². The van der Waals surface area contributed by atoms with Crippen LogP contribution in [0.3, 0.4) is 0 Å². The lowest BCUT2D eigenvalue weighted by atomic mass is 9.91. The van der Waals surface area contributed by atoms with Gasteiger partial charge >= 0.3 is 12.2 Å². The minimum Gasteiger partial charge on any atom is -0.443 e. The number of Topliss-reactive ketones (excluding diaryl/α,β-unsaturated/α-hetero) is 1. The number of amides is 4. The van der Waals surface area contributed by atoms with Gasteiger partial charge in [0.1, 0.15) is 17.0 Å². The Hall–Kier alpha value is -6.19. The zero-order valence-electron chi connectivity index (χ0n) is 33.4. The van der Waals surface area contributed by atoms with Gasteiger partial charge in [0.05, 0.1) is 51.2 Å². The van der Waals surface area contributed by atoms with Crippen LogP contribution in [0.1, 0.15) is 101 Å². The number of carbonyl (C=O) groups excluding carboxylic acids is 5. The second-order valence-corrected chi connectivity index (χ2v) is 17.3. The number of nitro benzene ring substituents is 1. The molecular weight excluding hydrogens is 734 g/mol. The van der Waals surface area contributed by atoms with Gasteiger partial charge in [-0.2, -0.15) is 0 Å². The number of imide groups is 2. The van der Waals surface area contributed by atoms with E-state index < -0.39 is 45.0 Å². The quantitative estimate of drug-likeness (QED) is 0.163. The lowest BCUT2D eigenvalue weighted by molar-refractivity contribution is -0.384. The van der Waals surface area contributed by atoms with Crippen LogP contribution >= 0.6 is 0 Å². The molecule has 2 aromatic carbocycles. The number of fused-ring (bicyclic) bond motifs is 4. The van der Waals surface area contributed by atoms with Crippen molar-refractivity contribution >= 4 is 46.8 Å². The first-order chi connectivity index (χ1) is 26.6. The Morgan fingerprint density at radius 3 is 1.60 bits per heavy atom. The number of ketones is 1. The molecule has 2 aliphatic carbocycles. The summed E-state index contributed by atoms with van der Waals surface area (Å²) >= 11 is 0. The zero-order chi connectivity index (χ0) is 41.6. The molecule has 4 atom stereocenters. The van der Waals surface area contributed by atoms with Crippen LogP contribution in [0.2, 0.25) is 0 Å². The Bertz CT molecular complexity index is 2380. The Balaban J connectivity index is 0.000000174. The number of rotatable bonds is 5. The number of benzene rings is 2. The molecule has 4 heterocycles. The van der Waals surface area contributed by atoms with Crippen molar-refractivity contribution in [2.24, 2.45) is 14.1 Å². The lowest BCUT2D eigenvalue weighted by Gasteiger charge is -2.24. The molecule has 298 valence electrons. The zero-order valence-corrected chi connectivity index (χ0v) is 33.4. The molecule has 0 N–H and O–H groups in total. The minimum absolute atomic E-state index is 0.0457. The number of nitro groups is 1. The van der Waals surface area contributed by atoms with Gasteiger partial charge in [0.2, 0.25) is 11.8 Å². The molecule has 2 aromatic heterocycles. The van der Waals surface area contributed by atoms with E-state index in [2.05, 4.69) is 9.97 Å². The first-order valence-corrected chi connectivity index (χ1v) is 18.6. The summed E-state index contributed by atoms with van der Waals surface area (Å²) in [6.07, 6.45) is 6.93. The van der Waals surface area contributed by atoms with Crippen LogP contribution in [0.5, 0.6) is 0 Å². The maximum absolute atomic E-state index is 13.5. The first kappa shape index (κ1) is 39.1. The van der Waals surface area contributed by atoms with Crippen LogP contribution < -0.4 is 9.80 Å². The molecule has 4 aliphatic rings. The third-order valence-electron chi connectivity index (χ3n) is 10.6. The van der Waals surface area contributed by atoms with E-state index >= 15 is 0 Å². The van der Waals surface area contributed by atoms with Crippen LogP contribution in [0, 0.1) is 10.1 Å². The highest BCUT2D eigenvalue weighted by molar-refractivity contribution is 6.24. The van der Waals surface area contributed by atoms with E-state index in [1.807, 2.05) is 37.1 Å². The molecule has 0 bridgehead atoms. The molecule has 4 aromatic rings. The molecule has 57 heavy (non-hydrogen) atoms. The van der Waals surface area contributed by atoms with E-state index in [4.69, 9.17) is 9.47 Å². The number of anilines is 2. The average Bonchev–Trinajstić information content (AvgIpc) is 3.84. The van der Waals surface area contributed by atoms with Crippen LogP contribution in [0.15, 0.2) is 61.4 Å². The van der Waals surface area contributed by atoms with E-state index in [1.54, 1.807) is 70.9 Å². The summed E-state index contributed by atoms with van der Waals surface area (Å²) in [7, 11) is 3.71. The van der Waals surface area contributed by atoms with Gasteiger partial charge in [-0.3, -0.25) is 24.5 Å². The summed E-state index contributed by atoms with van der Waals surface area (Å²) < 4.78 is 14.5. The van der Waals surface area contributed by atoms with Crippen molar-refractivity contribution < 1.29 is 38.4 Å². The number of aryl methyl sites for hydroxylation is 2. The third kappa shape index (κ3) is 6.76. The highest BCUT2D eigenvalue weighted by Gasteiger charge is 2.70. The molecule has 4 amide bonds. The number of aromatic nitrogens is 4. The van der Waals surface area contributed by atoms with Gasteiger partial charge in [-0.1, -0.05) is 12.1 Å². The number of nitrogens with zero attached hydrogens (tertiary/aromatic N) is 7. The van der Waals surface area contributed by atoms with E-state index in [1.165, 1.54) is 25.1 Å². The number of hydrogen-bond donors (Lipinski definition) is 0. The van der Waals surface area contributed by atoms with E-state index in [-0.39, 0.29) is 35.6 Å². The van der Waals surface area contributed by atoms with E-state index in [9.17, 15) is 34.1 Å². The van der Waals surface area contributed by atoms with Crippen molar-refractivity contribution in [3.05, 3.63) is 99.6 Å². The molecule has 4 unspecified atom stereocenters. The number of imidazole rings is 2. The summed E-state index contributed by atoms with van der Waals surface area (Å²) in [6, 6.07) is 9.56. The Kier molecular flexibility index (Phi) is 9.05. The van der Waals surface area contributed by atoms with Crippen LogP contribution in [-0.4, -0.2) is 65.0 Å². The van der Waals surface area contributed by atoms with Gasteiger partial charge in [-0.05, 0) is 90.1 Å². The highest BCUT2D eigenvalue weighted by Crippen LogP contribution is 2.67. The second-order valence-electron chi connectivity index (χ2n) is 17.3. The summed E-state index contributed by atoms with van der Waals surface area (Å²) in [6.45, 7) is 12.0. The molecule has 2 fully saturated rings. The third-order valence-corrected chi connectivity index (χ3v) is 10.6. The molecule has 2 saturated carbocycles. The molecule has 2 spiro atoms. The summed E-state index contributed by atoms with van der Waals surface area (Å²) in [5, 5.41) is 11.3. The fraction of sp³-hybridized carbons (Fsp3) is 0.439. The monoisotopic (exact) mass is 779 g/mol. The number of hydrogen-bond acceptors (Lipinski definition) is 11. The number of non-ortho nitro benzene ring substituents is 1. The molecular formula is C41H45N7O9. The van der Waals surface area contributed by atoms with Crippen molar-refractivity contribution in [3.8, 4) is 0 Å². The standard InChI is InChI=1S/C22H25N3O4.C19H20N4O5/c1-13(26)8-14-6-7-18-15(9-14)22(10-16(22)17-11-24(5)12-23-17)19(27)25(18)20(28)29-21(2,3)4;1-18(2,3)28-17(25)22-15-6-5-11(23(26)27)7-12(15)19(16(22)24)8-13(19)14-9-21(4)10-20-14/h6-7,9,11-12,16H,8,10H2,1-5H3;5-7,9-10,13H,8H2,1-4H3. The van der Waals surface area contributed by atoms with Crippen molar-refractivity contribution in [2.45, 2.75) is 102 Å². The van der Waals surface area contributed by atoms with E-state index in [0.29, 0.717) is 29.8 Å². The fourth-order valence-electron chi connectivity index (χ4n) is 8.08. The molecule has 0 saturated heterocycles. The maximum atomic E-state index is 13.5. The van der Waals surface area contributed by atoms with Gasteiger partial charge in [0, 0.05) is 56.9 Å². The highest BCUT2D eigenvalue weighted by atomic mass is 16.6. The first-order valence-electron chi connectivity index (χ1n) is 18.6. The molecule has 16 heteroatoms. The summed E-state index contributed by atoms with van der Waals surface area (Å²) in [5.41, 5.74) is 1.05. The average molecular weight is 780 g/mol. The topological polar surface area (TPSA) is 189 Å². The SMILES string of the molecule is CC(=O)Cc1ccc2c(c1)C1(CC1c1cn(C)cn1)C(=O)N2C(=O)OC(C)(C)C.Cn1cnc(C2CC23C(=O)N(C(=O)OC(C)(C)C)c2ccc([N+](=O)[O-])cc23)c1. The van der Waals surface area contributed by atoms with Crippen molar-refractivity contribution in [1.82, 2.24) is 19.1 Å². The maximum Gasteiger partial charge on any atom is 0.421 e. The summed E-state index contributed by atoms with van der Waals surface area (Å²) in [5.74, 6) is -1.00. The van der Waals surface area contributed by atoms with Crippen molar-refractivity contribution in [3.63, 3.8) is 0 Å². The lowest BCUT2D eigenvalue weighted by Crippen LogP contribution is -2.41. The van der Waals surface area contributed by atoms with Crippen LogP contribution in [-0.2, 0) is 55.2 Å². The normalized spacial score (nSPS) is 22.9. The molecule has 2 aliphatic heterocycles. The van der Waals surface area contributed by atoms with Crippen molar-refractivity contribution in [2.75, 3.05) is 9.80 Å². The smallest absolute Gasteiger partial charge is 0.421 e. The van der Waals surface area contributed by atoms with Crippen LogP contribution in [0.25, 0.3) is 0 Å². The number of ether oxygens (including phenoxy) is 2. The molecule has 8 rings (SSSR count). The van der Waals surface area contributed by atoms with Crippen molar-refractivity contribution in [1.29, 1.82) is 0 Å². The Morgan fingerprint density at radius 1 is 0.772 bits per heavy atom. The van der Waals surface area contributed by atoms with Gasteiger partial charge in [-0.25, -0.2) is 29.4 Å². The van der Waals surface area contributed by atoms with Gasteiger partial charge in [0.25, 0.3) is 5.69 Å². The molecule has 0 radical (unpaired) electrons. The minimum atomic E-state index is -1.02. The van der Waals surface area contributed by atoms with Gasteiger partial charge in [0.15, 0.2) is 0 Å². The molecule has 16 nitrogen and oxygen atoms in total. The van der Waals surface area contributed by atoms with E-state index in [0.717, 1.165) is 32.3 Å². The van der Waals surface area contributed by atoms with Gasteiger partial charge in [-0.15, -0.1) is 0 Å². The predicted octanol–water partition coefficient (Wildman–Crippen LogP) is 6.29. The summed E-state index contributed by atoms with van der Waals surface area (Å²) in [4.78, 5) is 85.8. The van der Waals surface area contributed by atoms with Crippen LogP contribution in [0.4, 0.5) is 26.7 Å². The second kappa shape index (κ2) is 13.2. The fourth-order valence-corrected chi connectivity index (χ4v) is 8.08. The predicted molar refractivity (Wildman–Crippen MR) is 206 cm³/mol. The number of carbonyl (C=O) groups is 5. The largest absolute Gasteiger partial charge is 0.443 e. The Morgan fingerprint density at radius 2 is 1.21 bits per heavy atom. The Labute approximate surface area is 328 Å².